The number of aromatic nitrogens is 2. The van der Waals surface area contributed by atoms with Crippen LogP contribution in [0.5, 0.6) is 0 Å². The van der Waals surface area contributed by atoms with Crippen LogP contribution in [0.3, 0.4) is 0 Å². The number of piperazine rings is 1. The fraction of sp³-hybridized carbons (Fsp3) is 0.529. The van der Waals surface area contributed by atoms with E-state index in [1.807, 2.05) is 9.80 Å². The van der Waals surface area contributed by atoms with Gasteiger partial charge in [0.15, 0.2) is 0 Å². The Kier molecular flexibility index (Phi) is 4.90. The smallest absolute Gasteiger partial charge is 0.372 e. The summed E-state index contributed by atoms with van der Waals surface area (Å²) in [6.07, 6.45) is 1.64. The summed E-state index contributed by atoms with van der Waals surface area (Å²) in [5, 5.41) is 11.6. The van der Waals surface area contributed by atoms with Gasteiger partial charge in [0.2, 0.25) is 17.4 Å². The van der Waals surface area contributed by atoms with Crippen LogP contribution in [0.2, 0.25) is 0 Å². The van der Waals surface area contributed by atoms with Crippen LogP contribution in [-0.4, -0.2) is 89.0 Å². The second-order valence-electron chi connectivity index (χ2n) is 6.70. The number of nitrogens with zero attached hydrogens (tertiary/aromatic N) is 6. The van der Waals surface area contributed by atoms with E-state index in [2.05, 4.69) is 9.88 Å². The van der Waals surface area contributed by atoms with Gasteiger partial charge in [-0.2, -0.15) is 9.38 Å². The summed E-state index contributed by atoms with van der Waals surface area (Å²) in [4.78, 5) is 34.0. The zero-order valence-electron chi connectivity index (χ0n) is 15.0. The molecule has 0 radical (unpaired) electrons. The molecule has 4 heterocycles. The predicted molar refractivity (Wildman–Crippen MR) is 97.9 cm³/mol. The Morgan fingerprint density at radius 1 is 1.15 bits per heavy atom. The van der Waals surface area contributed by atoms with Crippen molar-refractivity contribution in [2.45, 2.75) is 0 Å². The molecule has 2 aromatic heterocycles. The van der Waals surface area contributed by atoms with Gasteiger partial charge in [-0.05, 0) is 11.0 Å². The molecule has 0 N–H and O–H groups in total. The van der Waals surface area contributed by atoms with Crippen LogP contribution < -0.4 is 4.90 Å². The zero-order chi connectivity index (χ0) is 18.8. The molecule has 2 aliphatic rings. The highest BCUT2D eigenvalue weighted by Crippen LogP contribution is 2.29. The normalized spacial score (nSPS) is 18.8. The lowest BCUT2D eigenvalue weighted by atomic mass is 10.3. The number of nitro groups is 1. The molecule has 2 aliphatic heterocycles. The largest absolute Gasteiger partial charge is 0.379 e. The molecule has 10 nitrogen and oxygen atoms in total. The number of imidazole rings is 1. The molecular weight excluding hydrogens is 352 g/mol. The number of carbonyl (C=O) groups excluding carboxylic acids is 1. The first kappa shape index (κ1) is 17.7. The molecule has 0 aliphatic carbocycles. The second-order valence-corrected chi connectivity index (χ2v) is 6.70. The van der Waals surface area contributed by atoms with Crippen LogP contribution >= 0.6 is 0 Å². The first-order chi connectivity index (χ1) is 13.1. The number of pyridine rings is 1. The van der Waals surface area contributed by atoms with Gasteiger partial charge in [0, 0.05) is 45.3 Å². The van der Waals surface area contributed by atoms with Crippen molar-refractivity contribution in [3.8, 4) is 0 Å². The lowest BCUT2D eigenvalue weighted by molar-refractivity contribution is -0.389. The SMILES string of the molecule is O=C(CN1CCOCC1)N1CCN(c2nc3ccccn3c2[N+](=O)[O-])CC1. The fourth-order valence-corrected chi connectivity index (χ4v) is 3.57. The van der Waals surface area contributed by atoms with Crippen molar-refractivity contribution in [2.75, 3.05) is 63.9 Å². The molecule has 0 bridgehead atoms. The summed E-state index contributed by atoms with van der Waals surface area (Å²) in [7, 11) is 0. The highest BCUT2D eigenvalue weighted by molar-refractivity contribution is 5.78. The highest BCUT2D eigenvalue weighted by atomic mass is 16.6. The van der Waals surface area contributed by atoms with Gasteiger partial charge in [0.1, 0.15) is 0 Å². The minimum atomic E-state index is -0.398. The Morgan fingerprint density at radius 2 is 1.89 bits per heavy atom. The lowest BCUT2D eigenvalue weighted by Gasteiger charge is -2.36. The molecule has 10 heteroatoms. The van der Waals surface area contributed by atoms with Gasteiger partial charge in [-0.3, -0.25) is 9.69 Å². The first-order valence-corrected chi connectivity index (χ1v) is 9.08. The lowest BCUT2D eigenvalue weighted by Crippen LogP contribution is -2.52. The van der Waals surface area contributed by atoms with Gasteiger partial charge < -0.3 is 24.7 Å². The van der Waals surface area contributed by atoms with Gasteiger partial charge in [0.25, 0.3) is 0 Å². The topological polar surface area (TPSA) is 96.5 Å². The molecule has 0 unspecified atom stereocenters. The summed E-state index contributed by atoms with van der Waals surface area (Å²) in [5.74, 6) is 0.436. The molecule has 0 aromatic carbocycles. The van der Waals surface area contributed by atoms with Crippen molar-refractivity contribution in [1.29, 1.82) is 0 Å². The van der Waals surface area contributed by atoms with Crippen molar-refractivity contribution >= 4 is 23.2 Å². The molecule has 2 aromatic rings. The van der Waals surface area contributed by atoms with Gasteiger partial charge in [-0.15, -0.1) is 0 Å². The summed E-state index contributed by atoms with van der Waals surface area (Å²) < 4.78 is 6.80. The van der Waals surface area contributed by atoms with Crippen LogP contribution in [0.15, 0.2) is 24.4 Å². The van der Waals surface area contributed by atoms with Crippen LogP contribution in [0, 0.1) is 10.1 Å². The molecule has 0 spiro atoms. The second kappa shape index (κ2) is 7.49. The van der Waals surface area contributed by atoms with Crippen LogP contribution in [-0.2, 0) is 9.53 Å². The molecule has 0 saturated carbocycles. The number of morpholine rings is 1. The van der Waals surface area contributed by atoms with E-state index in [0.717, 1.165) is 13.1 Å². The van der Waals surface area contributed by atoms with Crippen LogP contribution in [0.1, 0.15) is 0 Å². The van der Waals surface area contributed by atoms with Crippen molar-refractivity contribution in [3.05, 3.63) is 34.5 Å². The molecule has 144 valence electrons. The minimum absolute atomic E-state index is 0.0290. The Balaban J connectivity index is 1.43. The Bertz CT molecular complexity index is 839. The van der Waals surface area contributed by atoms with Crippen molar-refractivity contribution in [2.24, 2.45) is 0 Å². The standard InChI is InChI=1S/C17H22N6O4/c24-15(13-19-9-11-27-12-10-19)20-5-7-21(8-6-20)16-17(23(25)26)22-4-2-1-3-14(22)18-16/h1-4H,5-13H2. The number of amides is 1. The number of hydrogen-bond acceptors (Lipinski definition) is 7. The van der Waals surface area contributed by atoms with E-state index in [1.54, 1.807) is 24.4 Å². The van der Waals surface area contributed by atoms with Gasteiger partial charge in [0.05, 0.1) is 26.0 Å². The third-order valence-electron chi connectivity index (χ3n) is 5.05. The first-order valence-electron chi connectivity index (χ1n) is 9.08. The van der Waals surface area contributed by atoms with Gasteiger partial charge in [-0.1, -0.05) is 6.07 Å². The van der Waals surface area contributed by atoms with Crippen LogP contribution in [0.4, 0.5) is 11.6 Å². The number of fused-ring (bicyclic) bond motifs is 1. The highest BCUT2D eigenvalue weighted by Gasteiger charge is 2.30. The molecular formula is C17H22N6O4. The quantitative estimate of drug-likeness (QED) is 0.558. The average molecular weight is 374 g/mol. The van der Waals surface area contributed by atoms with E-state index in [9.17, 15) is 14.9 Å². The summed E-state index contributed by atoms with van der Waals surface area (Å²) >= 11 is 0. The molecule has 4 rings (SSSR count). The van der Waals surface area contributed by atoms with E-state index in [1.165, 1.54) is 4.40 Å². The van der Waals surface area contributed by atoms with Gasteiger partial charge >= 0.3 is 5.82 Å². The number of hydrogen-bond donors (Lipinski definition) is 0. The van der Waals surface area contributed by atoms with Crippen molar-refractivity contribution in [3.63, 3.8) is 0 Å². The molecule has 0 atom stereocenters. The maximum atomic E-state index is 12.5. The Morgan fingerprint density at radius 3 is 2.59 bits per heavy atom. The third-order valence-corrected chi connectivity index (χ3v) is 5.05. The Labute approximate surface area is 156 Å². The predicted octanol–water partition coefficient (Wildman–Crippen LogP) is 0.223. The van der Waals surface area contributed by atoms with E-state index in [0.29, 0.717) is 57.4 Å². The molecule has 1 amide bonds. The summed E-state index contributed by atoms with van der Waals surface area (Å²) in [6.45, 7) is 5.41. The monoisotopic (exact) mass is 374 g/mol. The Hall–Kier alpha value is -2.72. The number of carbonyl (C=O) groups is 1. The zero-order valence-corrected chi connectivity index (χ0v) is 15.0. The maximum absolute atomic E-state index is 12.5. The molecule has 2 fully saturated rings. The summed E-state index contributed by atoms with van der Waals surface area (Å²) in [6, 6.07) is 5.30. The van der Waals surface area contributed by atoms with E-state index < -0.39 is 4.92 Å². The van der Waals surface area contributed by atoms with Crippen LogP contribution in [0.25, 0.3) is 5.65 Å². The van der Waals surface area contributed by atoms with Gasteiger partial charge in [-0.25, -0.2) is 0 Å². The number of anilines is 1. The minimum Gasteiger partial charge on any atom is -0.379 e. The maximum Gasteiger partial charge on any atom is 0.372 e. The molecule has 2 saturated heterocycles. The average Bonchev–Trinajstić information content (AvgIpc) is 3.09. The van der Waals surface area contributed by atoms with Crippen molar-refractivity contribution in [1.82, 2.24) is 19.2 Å². The van der Waals surface area contributed by atoms with E-state index in [-0.39, 0.29) is 11.7 Å². The fourth-order valence-electron chi connectivity index (χ4n) is 3.57. The summed E-state index contributed by atoms with van der Waals surface area (Å²) in [5.41, 5.74) is 0.546. The number of ether oxygens (including phenoxy) is 1. The third kappa shape index (κ3) is 3.58. The van der Waals surface area contributed by atoms with Crippen molar-refractivity contribution < 1.29 is 14.5 Å². The van der Waals surface area contributed by atoms with E-state index >= 15 is 0 Å². The molecule has 27 heavy (non-hydrogen) atoms. The number of rotatable bonds is 4. The van der Waals surface area contributed by atoms with E-state index in [4.69, 9.17) is 4.74 Å².